The molecule has 0 saturated heterocycles. The third kappa shape index (κ3) is 12.6. The van der Waals surface area contributed by atoms with E-state index in [9.17, 15) is 0 Å². The highest BCUT2D eigenvalue weighted by atomic mass is 127. The fourth-order valence-corrected chi connectivity index (χ4v) is 1.88. The smallest absolute Gasteiger partial charge is 0.191 e. The van der Waals surface area contributed by atoms with Gasteiger partial charge in [-0.15, -0.1) is 24.0 Å². The van der Waals surface area contributed by atoms with E-state index in [0.717, 1.165) is 57.4 Å². The third-order valence-corrected chi connectivity index (χ3v) is 3.01. The molecule has 0 radical (unpaired) electrons. The molecule has 0 aliphatic carbocycles. The van der Waals surface area contributed by atoms with Crippen LogP contribution in [0.5, 0.6) is 0 Å². The first-order chi connectivity index (χ1) is 11.2. The second-order valence-electron chi connectivity index (χ2n) is 5.73. The Bertz CT molecular complexity index is 411. The molecule has 140 valence electrons. The van der Waals surface area contributed by atoms with Crippen molar-refractivity contribution in [3.8, 4) is 0 Å². The van der Waals surface area contributed by atoms with Crippen LogP contribution in [-0.4, -0.2) is 52.5 Å². The topological polar surface area (TPSA) is 68.0 Å². The number of ether oxygens (including phenoxy) is 2. The molecule has 1 rings (SSSR count). The van der Waals surface area contributed by atoms with Gasteiger partial charge in [0.15, 0.2) is 5.96 Å². The maximum atomic E-state index is 5.56. The Morgan fingerprint density at radius 3 is 2.71 bits per heavy atom. The van der Waals surface area contributed by atoms with Gasteiger partial charge in [0.2, 0.25) is 0 Å². The molecule has 1 aromatic heterocycles. The van der Waals surface area contributed by atoms with E-state index in [4.69, 9.17) is 13.9 Å². The third-order valence-electron chi connectivity index (χ3n) is 3.01. The molecule has 0 amide bonds. The number of nitrogens with zero attached hydrogens (tertiary/aromatic N) is 1. The summed E-state index contributed by atoms with van der Waals surface area (Å²) in [6, 6.07) is 3.88. The van der Waals surface area contributed by atoms with E-state index in [1.54, 1.807) is 13.4 Å². The molecule has 0 saturated carbocycles. The zero-order chi connectivity index (χ0) is 16.8. The van der Waals surface area contributed by atoms with Crippen molar-refractivity contribution in [2.45, 2.75) is 26.7 Å². The summed E-state index contributed by atoms with van der Waals surface area (Å²) >= 11 is 0. The molecule has 0 atom stereocenters. The number of hydrogen-bond acceptors (Lipinski definition) is 4. The van der Waals surface area contributed by atoms with Gasteiger partial charge in [-0.05, 0) is 24.5 Å². The van der Waals surface area contributed by atoms with E-state index in [0.29, 0.717) is 12.5 Å². The molecule has 0 aliphatic heterocycles. The van der Waals surface area contributed by atoms with E-state index >= 15 is 0 Å². The second kappa shape index (κ2) is 15.7. The Hall–Kier alpha value is -0.800. The number of hydrogen-bond donors (Lipinski definition) is 2. The number of rotatable bonds is 12. The number of nitrogens with one attached hydrogen (secondary N) is 2. The molecular formula is C17H32IN3O3. The minimum absolute atomic E-state index is 0. The standard InChI is InChI=1S/C17H31N3O3.HI/c1-15(2)14-22-11-5-8-18-17(20-10-13-21-3)19-9-7-16-6-4-12-23-16;/h4,6,12,15H,5,7-11,13-14H2,1-3H3,(H2,18,19,20);1H. The molecule has 1 aromatic rings. The predicted octanol–water partition coefficient (Wildman–Crippen LogP) is 2.68. The van der Waals surface area contributed by atoms with E-state index in [1.165, 1.54) is 0 Å². The Labute approximate surface area is 162 Å². The minimum atomic E-state index is 0. The van der Waals surface area contributed by atoms with Crippen LogP contribution in [0.1, 0.15) is 26.0 Å². The Kier molecular flexibility index (Phi) is 15.2. The highest BCUT2D eigenvalue weighted by molar-refractivity contribution is 14.0. The van der Waals surface area contributed by atoms with E-state index in [1.807, 2.05) is 12.1 Å². The first kappa shape index (κ1) is 23.2. The lowest BCUT2D eigenvalue weighted by Gasteiger charge is -2.12. The lowest BCUT2D eigenvalue weighted by Crippen LogP contribution is -2.40. The normalized spacial score (nSPS) is 11.4. The molecule has 2 N–H and O–H groups in total. The molecule has 0 aromatic carbocycles. The van der Waals surface area contributed by atoms with Crippen molar-refractivity contribution in [1.29, 1.82) is 0 Å². The summed E-state index contributed by atoms with van der Waals surface area (Å²) in [6.07, 6.45) is 3.44. The van der Waals surface area contributed by atoms with Crippen molar-refractivity contribution in [2.24, 2.45) is 10.9 Å². The van der Waals surface area contributed by atoms with Gasteiger partial charge in [-0.25, -0.2) is 0 Å². The molecule has 6 nitrogen and oxygen atoms in total. The molecule has 0 aliphatic rings. The minimum Gasteiger partial charge on any atom is -0.469 e. The number of furan rings is 1. The second-order valence-corrected chi connectivity index (χ2v) is 5.73. The van der Waals surface area contributed by atoms with Crippen molar-refractivity contribution in [3.63, 3.8) is 0 Å². The quantitative estimate of drug-likeness (QED) is 0.221. The van der Waals surface area contributed by atoms with Gasteiger partial charge in [0.05, 0.1) is 12.9 Å². The fraction of sp³-hybridized carbons (Fsp3) is 0.706. The van der Waals surface area contributed by atoms with Gasteiger partial charge in [0, 0.05) is 46.4 Å². The Morgan fingerprint density at radius 1 is 1.25 bits per heavy atom. The van der Waals surface area contributed by atoms with Gasteiger partial charge in [-0.2, -0.15) is 0 Å². The van der Waals surface area contributed by atoms with Crippen LogP contribution in [0.2, 0.25) is 0 Å². The van der Waals surface area contributed by atoms with Crippen LogP contribution in [0.25, 0.3) is 0 Å². The SMILES string of the molecule is COCCNC(=NCCCOCC(C)C)NCCc1ccco1.I. The van der Waals surface area contributed by atoms with Crippen LogP contribution >= 0.6 is 24.0 Å². The summed E-state index contributed by atoms with van der Waals surface area (Å²) in [7, 11) is 1.69. The van der Waals surface area contributed by atoms with Crippen molar-refractivity contribution in [3.05, 3.63) is 24.2 Å². The number of halogens is 1. The monoisotopic (exact) mass is 453 g/mol. The zero-order valence-electron chi connectivity index (χ0n) is 15.0. The largest absolute Gasteiger partial charge is 0.469 e. The molecule has 7 heteroatoms. The van der Waals surface area contributed by atoms with E-state index in [-0.39, 0.29) is 24.0 Å². The van der Waals surface area contributed by atoms with Crippen LogP contribution in [0.15, 0.2) is 27.8 Å². The highest BCUT2D eigenvalue weighted by Gasteiger charge is 2.00. The molecule has 0 spiro atoms. The van der Waals surface area contributed by atoms with Crippen LogP contribution < -0.4 is 10.6 Å². The molecule has 0 fully saturated rings. The molecule has 0 unspecified atom stereocenters. The van der Waals surface area contributed by atoms with Crippen LogP contribution in [0, 0.1) is 5.92 Å². The zero-order valence-corrected chi connectivity index (χ0v) is 17.4. The average molecular weight is 453 g/mol. The van der Waals surface area contributed by atoms with E-state index in [2.05, 4.69) is 29.5 Å². The number of aliphatic imine (C=N–C) groups is 1. The maximum absolute atomic E-state index is 5.56. The van der Waals surface area contributed by atoms with Crippen LogP contribution in [0.3, 0.4) is 0 Å². The first-order valence-corrected chi connectivity index (χ1v) is 8.33. The van der Waals surface area contributed by atoms with Gasteiger partial charge in [0.1, 0.15) is 5.76 Å². The Morgan fingerprint density at radius 2 is 2.04 bits per heavy atom. The summed E-state index contributed by atoms with van der Waals surface area (Å²) < 4.78 is 15.9. The lowest BCUT2D eigenvalue weighted by atomic mass is 10.2. The molecule has 0 bridgehead atoms. The summed E-state index contributed by atoms with van der Waals surface area (Å²) in [5, 5.41) is 6.56. The van der Waals surface area contributed by atoms with Gasteiger partial charge >= 0.3 is 0 Å². The summed E-state index contributed by atoms with van der Waals surface area (Å²) in [5.74, 6) is 2.35. The summed E-state index contributed by atoms with van der Waals surface area (Å²) in [6.45, 7) is 8.75. The van der Waals surface area contributed by atoms with Crippen molar-refractivity contribution < 1.29 is 13.9 Å². The van der Waals surface area contributed by atoms with Crippen molar-refractivity contribution >= 4 is 29.9 Å². The van der Waals surface area contributed by atoms with Crippen LogP contribution in [-0.2, 0) is 15.9 Å². The lowest BCUT2D eigenvalue weighted by molar-refractivity contribution is 0.109. The predicted molar refractivity (Wildman–Crippen MR) is 108 cm³/mol. The molecule has 1 heterocycles. The number of methoxy groups -OCH3 is 1. The molecular weight excluding hydrogens is 421 g/mol. The van der Waals surface area contributed by atoms with Crippen molar-refractivity contribution in [2.75, 3.05) is 46.6 Å². The van der Waals surface area contributed by atoms with Crippen LogP contribution in [0.4, 0.5) is 0 Å². The Balaban J connectivity index is 0.00000529. The van der Waals surface area contributed by atoms with E-state index < -0.39 is 0 Å². The number of guanidine groups is 1. The first-order valence-electron chi connectivity index (χ1n) is 8.33. The summed E-state index contributed by atoms with van der Waals surface area (Å²) in [5.41, 5.74) is 0. The van der Waals surface area contributed by atoms with Gasteiger partial charge in [-0.1, -0.05) is 13.8 Å². The summed E-state index contributed by atoms with van der Waals surface area (Å²) in [4.78, 5) is 4.56. The average Bonchev–Trinajstić information content (AvgIpc) is 3.03. The van der Waals surface area contributed by atoms with Gasteiger partial charge < -0.3 is 24.5 Å². The fourth-order valence-electron chi connectivity index (χ4n) is 1.88. The van der Waals surface area contributed by atoms with Gasteiger partial charge in [0.25, 0.3) is 0 Å². The molecule has 24 heavy (non-hydrogen) atoms. The maximum Gasteiger partial charge on any atom is 0.191 e. The highest BCUT2D eigenvalue weighted by Crippen LogP contribution is 1.99. The van der Waals surface area contributed by atoms with Gasteiger partial charge in [-0.3, -0.25) is 4.99 Å². The van der Waals surface area contributed by atoms with Crippen molar-refractivity contribution in [1.82, 2.24) is 10.6 Å².